The Morgan fingerprint density at radius 3 is 2.31 bits per heavy atom. The van der Waals surface area contributed by atoms with Gasteiger partial charge in [0.2, 0.25) is 0 Å². The van der Waals surface area contributed by atoms with Crippen LogP contribution in [0.25, 0.3) is 17.1 Å². The van der Waals surface area contributed by atoms with Crippen LogP contribution in [0.4, 0.5) is 27.6 Å². The molecule has 0 amide bonds. The minimum Gasteiger partial charge on any atom is -0.426 e. The van der Waals surface area contributed by atoms with Gasteiger partial charge in [-0.1, -0.05) is 56.3 Å². The zero-order chi connectivity index (χ0) is 30.5. The first kappa shape index (κ1) is 30.4. The number of aromatic nitrogens is 3. The molecule has 0 radical (unpaired) electrons. The molecule has 0 atom stereocenters. The van der Waals surface area contributed by atoms with Crippen molar-refractivity contribution in [1.29, 1.82) is 0 Å². The van der Waals surface area contributed by atoms with Crippen LogP contribution in [-0.2, 0) is 11.3 Å². The van der Waals surface area contributed by atoms with E-state index < -0.39 is 18.0 Å². The molecule has 0 saturated heterocycles. The summed E-state index contributed by atoms with van der Waals surface area (Å²) in [7, 11) is 0. The molecule has 8 nitrogen and oxygen atoms in total. The highest BCUT2D eigenvalue weighted by atomic mass is 32.1. The number of ether oxygens (including phenoxy) is 2. The zero-order valence-electron chi connectivity index (χ0n) is 22.3. The lowest BCUT2D eigenvalue weighted by molar-refractivity contribution is -0.360. The van der Waals surface area contributed by atoms with E-state index in [0.29, 0.717) is 17.1 Å². The van der Waals surface area contributed by atoms with Crippen LogP contribution in [0.5, 0.6) is 5.75 Å². The summed E-state index contributed by atoms with van der Waals surface area (Å²) in [6.07, 6.45) is -9.77. The minimum atomic E-state index is -5.83. The van der Waals surface area contributed by atoms with Crippen molar-refractivity contribution in [3.05, 3.63) is 90.3 Å². The van der Waals surface area contributed by atoms with E-state index in [-0.39, 0.29) is 23.7 Å². The number of hydrogen-bond donors (Lipinski definition) is 2. The summed E-state index contributed by atoms with van der Waals surface area (Å²) in [5.41, 5.74) is 9.67. The normalized spacial score (nSPS) is 12.3. The van der Waals surface area contributed by atoms with Gasteiger partial charge in [0.15, 0.2) is 5.82 Å². The number of hydrogen-bond acceptors (Lipinski definition) is 6. The number of rotatable bonds is 8. The number of aliphatic imine (C=N–C) groups is 1. The van der Waals surface area contributed by atoms with Crippen LogP contribution in [0.1, 0.15) is 30.9 Å². The molecule has 0 saturated carbocycles. The lowest BCUT2D eigenvalue weighted by Gasteiger charge is -2.20. The molecular weight excluding hydrogens is 579 g/mol. The zero-order valence-corrected chi connectivity index (χ0v) is 23.1. The van der Waals surface area contributed by atoms with Crippen LogP contribution in [0.3, 0.4) is 0 Å². The monoisotopic (exact) mass is 604 g/mol. The first-order valence-electron chi connectivity index (χ1n) is 12.4. The summed E-state index contributed by atoms with van der Waals surface area (Å²) in [6, 6.07) is 19.3. The van der Waals surface area contributed by atoms with Gasteiger partial charge < -0.3 is 20.5 Å². The highest BCUT2D eigenvalue weighted by molar-refractivity contribution is 7.80. The SMILES string of the molecule is CC(C)c1ccccc1NC(=S)OC(N)=NCc1ccc(-c2ncn(-c3ccc(OC(F)(F)C(F)(F)F)cc3)n2)cc1. The molecule has 0 aliphatic heterocycles. The van der Waals surface area contributed by atoms with E-state index in [0.717, 1.165) is 28.9 Å². The molecule has 3 aromatic carbocycles. The molecule has 14 heteroatoms. The number of anilines is 1. The van der Waals surface area contributed by atoms with Crippen LogP contribution in [0.15, 0.2) is 84.1 Å². The molecule has 0 aliphatic carbocycles. The maximum Gasteiger partial charge on any atom is 0.499 e. The van der Waals surface area contributed by atoms with Crippen molar-refractivity contribution in [1.82, 2.24) is 14.8 Å². The van der Waals surface area contributed by atoms with Gasteiger partial charge in [0.05, 0.1) is 12.2 Å². The molecule has 42 heavy (non-hydrogen) atoms. The third kappa shape index (κ3) is 7.57. The Labute approximate surface area is 243 Å². The molecule has 0 aliphatic rings. The number of thiocarbonyl (C=S) groups is 1. The molecule has 0 bridgehead atoms. The third-order valence-corrected chi connectivity index (χ3v) is 6.00. The van der Waals surface area contributed by atoms with Gasteiger partial charge in [-0.05, 0) is 59.6 Å². The molecular formula is C28H25F5N6O2S. The van der Waals surface area contributed by atoms with Crippen LogP contribution < -0.4 is 15.8 Å². The van der Waals surface area contributed by atoms with Crippen molar-refractivity contribution < 1.29 is 31.4 Å². The summed E-state index contributed by atoms with van der Waals surface area (Å²) >= 11 is 5.25. The molecule has 4 rings (SSSR count). The van der Waals surface area contributed by atoms with Crippen LogP contribution >= 0.6 is 12.2 Å². The standard InChI is InChI=1S/C28H25F5N6O2S/c1-17(2)22-5-3-4-6-23(22)37-26(42)40-25(34)35-15-18-7-9-19(10-8-18)24-36-16-39(38-24)20-11-13-21(14-12-20)41-28(32,33)27(29,30)31/h3-14,16-17H,15H2,1-2H3,(H2,34,35)(H,37,42). The third-order valence-electron chi connectivity index (χ3n) is 5.82. The smallest absolute Gasteiger partial charge is 0.426 e. The highest BCUT2D eigenvalue weighted by Gasteiger charge is 2.61. The molecule has 1 aromatic heterocycles. The van der Waals surface area contributed by atoms with E-state index in [1.54, 1.807) is 24.3 Å². The second-order valence-electron chi connectivity index (χ2n) is 9.23. The topological polar surface area (TPSA) is 99.6 Å². The number of nitrogens with one attached hydrogen (secondary N) is 1. The molecule has 3 N–H and O–H groups in total. The fourth-order valence-corrected chi connectivity index (χ4v) is 3.89. The van der Waals surface area contributed by atoms with Gasteiger partial charge in [-0.3, -0.25) is 0 Å². The number of nitrogens with zero attached hydrogens (tertiary/aromatic N) is 4. The Hall–Kier alpha value is -4.59. The largest absolute Gasteiger partial charge is 0.499 e. The maximum atomic E-state index is 13.1. The Morgan fingerprint density at radius 1 is 1.00 bits per heavy atom. The number of amidine groups is 1. The van der Waals surface area contributed by atoms with Gasteiger partial charge in [0.25, 0.3) is 11.2 Å². The second kappa shape index (κ2) is 12.5. The number of halogens is 5. The molecule has 1 heterocycles. The van der Waals surface area contributed by atoms with Gasteiger partial charge in [0.1, 0.15) is 12.1 Å². The highest BCUT2D eigenvalue weighted by Crippen LogP contribution is 2.37. The quantitative estimate of drug-likeness (QED) is 0.0986. The Bertz CT molecular complexity index is 1550. The number of benzene rings is 3. The van der Waals surface area contributed by atoms with Gasteiger partial charge >= 0.3 is 12.3 Å². The first-order valence-corrected chi connectivity index (χ1v) is 12.9. The molecule has 220 valence electrons. The van der Waals surface area contributed by atoms with Gasteiger partial charge in [-0.25, -0.2) is 14.7 Å². The summed E-state index contributed by atoms with van der Waals surface area (Å²) < 4.78 is 73.8. The predicted molar refractivity (Wildman–Crippen MR) is 152 cm³/mol. The first-order chi connectivity index (χ1) is 19.8. The number of nitrogens with two attached hydrogens (primary N) is 1. The van der Waals surface area contributed by atoms with Crippen molar-refractivity contribution in [2.75, 3.05) is 5.32 Å². The van der Waals surface area contributed by atoms with Crippen molar-refractivity contribution in [2.45, 2.75) is 38.6 Å². The van der Waals surface area contributed by atoms with E-state index in [1.807, 2.05) is 24.3 Å². The van der Waals surface area contributed by atoms with Crippen molar-refractivity contribution in [2.24, 2.45) is 10.7 Å². The Balaban J connectivity index is 1.34. The predicted octanol–water partition coefficient (Wildman–Crippen LogP) is 6.82. The minimum absolute atomic E-state index is 0.0720. The maximum absolute atomic E-state index is 13.1. The van der Waals surface area contributed by atoms with Gasteiger partial charge in [-0.2, -0.15) is 22.0 Å². The van der Waals surface area contributed by atoms with Crippen molar-refractivity contribution in [3.63, 3.8) is 0 Å². The second-order valence-corrected chi connectivity index (χ2v) is 9.60. The number of para-hydroxylation sites is 1. The van der Waals surface area contributed by atoms with Gasteiger partial charge in [0, 0.05) is 11.3 Å². The fraction of sp³-hybridized carbons (Fsp3) is 0.214. The van der Waals surface area contributed by atoms with E-state index in [2.05, 4.69) is 39.0 Å². The molecule has 0 spiro atoms. The van der Waals surface area contributed by atoms with E-state index in [4.69, 9.17) is 22.7 Å². The summed E-state index contributed by atoms with van der Waals surface area (Å²) in [6.45, 7) is 4.37. The molecule has 0 fully saturated rings. The van der Waals surface area contributed by atoms with Crippen LogP contribution in [0, 0.1) is 0 Å². The molecule has 0 unspecified atom stereocenters. The van der Waals surface area contributed by atoms with Crippen LogP contribution in [-0.4, -0.2) is 38.2 Å². The average molecular weight is 605 g/mol. The van der Waals surface area contributed by atoms with E-state index in [1.165, 1.54) is 23.1 Å². The summed E-state index contributed by atoms with van der Waals surface area (Å²) in [5, 5.41) is 7.43. The fourth-order valence-electron chi connectivity index (χ4n) is 3.70. The summed E-state index contributed by atoms with van der Waals surface area (Å²) in [5.74, 6) is -0.0100. The van der Waals surface area contributed by atoms with Crippen molar-refractivity contribution >= 4 is 29.1 Å². The molecule has 4 aromatic rings. The average Bonchev–Trinajstić information content (AvgIpc) is 3.42. The Morgan fingerprint density at radius 2 is 1.67 bits per heavy atom. The van der Waals surface area contributed by atoms with E-state index >= 15 is 0 Å². The Kier molecular flexibility index (Phi) is 9.05. The van der Waals surface area contributed by atoms with E-state index in [9.17, 15) is 22.0 Å². The van der Waals surface area contributed by atoms with Crippen LogP contribution in [0.2, 0.25) is 0 Å². The summed E-state index contributed by atoms with van der Waals surface area (Å²) in [4.78, 5) is 8.44. The van der Waals surface area contributed by atoms with Gasteiger partial charge in [-0.15, -0.1) is 5.10 Å². The number of alkyl halides is 5. The lowest BCUT2D eigenvalue weighted by Crippen LogP contribution is -2.41. The lowest BCUT2D eigenvalue weighted by atomic mass is 10.0. The van der Waals surface area contributed by atoms with Crippen molar-refractivity contribution in [3.8, 4) is 22.8 Å².